The third-order valence-electron chi connectivity index (χ3n) is 1.87. The van der Waals surface area contributed by atoms with Gasteiger partial charge in [0.2, 0.25) is 0 Å². The maximum absolute atomic E-state index is 12.5. The first-order valence-corrected chi connectivity index (χ1v) is 4.05. The molecule has 7 heteroatoms. The van der Waals surface area contributed by atoms with Crippen molar-refractivity contribution in [1.29, 1.82) is 0 Å². The zero-order valence-corrected chi connectivity index (χ0v) is 7.59. The molecule has 0 saturated carbocycles. The lowest BCUT2D eigenvalue weighted by Gasteiger charge is -2.07. The van der Waals surface area contributed by atoms with Crippen molar-refractivity contribution in [2.75, 3.05) is 0 Å². The normalized spacial score (nSPS) is 12.3. The lowest BCUT2D eigenvalue weighted by molar-refractivity contribution is -0.142. The van der Waals surface area contributed by atoms with Crippen molar-refractivity contribution in [2.45, 2.75) is 13.1 Å². The number of H-pyrrole nitrogens is 1. The van der Waals surface area contributed by atoms with Gasteiger partial charge in [-0.1, -0.05) is 0 Å². The van der Waals surface area contributed by atoms with Gasteiger partial charge >= 0.3 is 6.18 Å². The van der Waals surface area contributed by atoms with Crippen LogP contribution in [0.2, 0.25) is 0 Å². The average Bonchev–Trinajstić information content (AvgIpc) is 2.41. The second-order valence-electron chi connectivity index (χ2n) is 3.10. The molecule has 0 aliphatic carbocycles. The highest BCUT2D eigenvalue weighted by Gasteiger charge is 2.34. The number of alkyl halides is 3. The number of halogens is 3. The zero-order chi connectivity index (χ0) is 11.2. The molecule has 80 valence electrons. The van der Waals surface area contributed by atoms with Gasteiger partial charge in [-0.15, -0.1) is 0 Å². The van der Waals surface area contributed by atoms with E-state index in [-0.39, 0.29) is 5.65 Å². The van der Waals surface area contributed by atoms with Gasteiger partial charge < -0.3 is 4.98 Å². The van der Waals surface area contributed by atoms with Gasteiger partial charge in [0.1, 0.15) is 5.65 Å². The van der Waals surface area contributed by atoms with E-state index in [1.54, 1.807) is 6.92 Å². The Morgan fingerprint density at radius 3 is 2.67 bits per heavy atom. The fraction of sp³-hybridized carbons (Fsp3) is 0.250. The van der Waals surface area contributed by atoms with E-state index >= 15 is 0 Å². The van der Waals surface area contributed by atoms with Crippen LogP contribution in [0, 0.1) is 6.92 Å². The van der Waals surface area contributed by atoms with E-state index in [9.17, 15) is 18.0 Å². The molecule has 0 amide bonds. The van der Waals surface area contributed by atoms with Gasteiger partial charge in [0.25, 0.3) is 5.56 Å². The number of nitrogens with zero attached hydrogens (tertiary/aromatic N) is 2. The van der Waals surface area contributed by atoms with E-state index in [1.807, 2.05) is 0 Å². The number of aromatic nitrogens is 3. The minimum absolute atomic E-state index is 0.0346. The minimum atomic E-state index is -4.59. The van der Waals surface area contributed by atoms with Crippen molar-refractivity contribution in [3.8, 4) is 0 Å². The molecule has 0 radical (unpaired) electrons. The summed E-state index contributed by atoms with van der Waals surface area (Å²) in [4.78, 5) is 13.2. The Labute approximate surface area is 81.3 Å². The summed E-state index contributed by atoms with van der Waals surface area (Å²) in [5.74, 6) is 0. The monoisotopic (exact) mass is 217 g/mol. The Hall–Kier alpha value is -1.79. The summed E-state index contributed by atoms with van der Waals surface area (Å²) in [5, 5.41) is 3.65. The van der Waals surface area contributed by atoms with Crippen LogP contribution in [0.25, 0.3) is 5.65 Å². The van der Waals surface area contributed by atoms with E-state index < -0.39 is 17.4 Å². The topological polar surface area (TPSA) is 50.2 Å². The smallest absolute Gasteiger partial charge is 0.307 e. The quantitative estimate of drug-likeness (QED) is 0.724. The largest absolute Gasteiger partial charge is 0.433 e. The van der Waals surface area contributed by atoms with Crippen LogP contribution in [0.5, 0.6) is 0 Å². The first kappa shape index (κ1) is 9.75. The molecule has 2 aromatic rings. The van der Waals surface area contributed by atoms with Crippen molar-refractivity contribution in [3.05, 3.63) is 33.9 Å². The molecule has 2 aromatic heterocycles. The maximum Gasteiger partial charge on any atom is 0.433 e. The summed E-state index contributed by atoms with van der Waals surface area (Å²) in [6.07, 6.45) is -4.59. The second-order valence-corrected chi connectivity index (χ2v) is 3.10. The van der Waals surface area contributed by atoms with Crippen LogP contribution in [-0.4, -0.2) is 14.6 Å². The molecule has 4 nitrogen and oxygen atoms in total. The highest BCUT2D eigenvalue weighted by atomic mass is 19.4. The summed E-state index contributed by atoms with van der Waals surface area (Å²) in [5.41, 5.74) is -1.43. The number of rotatable bonds is 0. The summed E-state index contributed by atoms with van der Waals surface area (Å²) in [7, 11) is 0. The predicted octanol–water partition coefficient (Wildman–Crippen LogP) is 1.35. The van der Waals surface area contributed by atoms with Gasteiger partial charge in [-0.25, -0.2) is 4.52 Å². The maximum atomic E-state index is 12.5. The third-order valence-corrected chi connectivity index (χ3v) is 1.87. The first-order valence-electron chi connectivity index (χ1n) is 4.05. The fourth-order valence-corrected chi connectivity index (χ4v) is 1.32. The molecule has 0 aliphatic rings. The van der Waals surface area contributed by atoms with E-state index in [0.717, 1.165) is 0 Å². The van der Waals surface area contributed by atoms with Crippen LogP contribution in [0.1, 0.15) is 11.4 Å². The van der Waals surface area contributed by atoms with E-state index in [2.05, 4.69) is 10.1 Å². The first-order chi connectivity index (χ1) is 6.88. The van der Waals surface area contributed by atoms with Gasteiger partial charge in [-0.3, -0.25) is 4.79 Å². The van der Waals surface area contributed by atoms with Crippen LogP contribution < -0.4 is 5.56 Å². The molecule has 0 aliphatic heterocycles. The van der Waals surface area contributed by atoms with Crippen molar-refractivity contribution >= 4 is 5.65 Å². The van der Waals surface area contributed by atoms with E-state index in [4.69, 9.17) is 0 Å². The number of aromatic amines is 1. The molecule has 0 bridgehead atoms. The highest BCUT2D eigenvalue weighted by molar-refractivity contribution is 5.40. The average molecular weight is 217 g/mol. The molecule has 2 heterocycles. The summed E-state index contributed by atoms with van der Waals surface area (Å²) < 4.78 is 38.2. The molecular formula is C8H6F3N3O. The van der Waals surface area contributed by atoms with Crippen molar-refractivity contribution < 1.29 is 13.2 Å². The Morgan fingerprint density at radius 1 is 1.40 bits per heavy atom. The lowest BCUT2D eigenvalue weighted by atomic mass is 10.4. The van der Waals surface area contributed by atoms with Crippen LogP contribution in [0.3, 0.4) is 0 Å². The van der Waals surface area contributed by atoms with Crippen molar-refractivity contribution in [2.24, 2.45) is 0 Å². The number of hydrogen-bond donors (Lipinski definition) is 1. The number of nitrogens with one attached hydrogen (secondary N) is 1. The highest BCUT2D eigenvalue weighted by Crippen LogP contribution is 2.28. The second kappa shape index (κ2) is 2.85. The SMILES string of the molecule is Cc1cc2[nH]c(=O)cc(C(F)(F)F)n2n1. The summed E-state index contributed by atoms with van der Waals surface area (Å²) >= 11 is 0. The van der Waals surface area contributed by atoms with Gasteiger partial charge in [-0.2, -0.15) is 18.3 Å². The number of aryl methyl sites for hydroxylation is 1. The van der Waals surface area contributed by atoms with Crippen molar-refractivity contribution in [1.82, 2.24) is 14.6 Å². The van der Waals surface area contributed by atoms with Gasteiger partial charge in [0.05, 0.1) is 5.69 Å². The molecule has 0 unspecified atom stereocenters. The Kier molecular flexibility index (Phi) is 1.85. The van der Waals surface area contributed by atoms with Crippen molar-refractivity contribution in [3.63, 3.8) is 0 Å². The van der Waals surface area contributed by atoms with Gasteiger partial charge in [0, 0.05) is 12.1 Å². The minimum Gasteiger partial charge on any atom is -0.307 e. The molecular weight excluding hydrogens is 211 g/mol. The summed E-state index contributed by atoms with van der Waals surface area (Å²) in [6, 6.07) is 1.86. The Balaban J connectivity index is 2.88. The van der Waals surface area contributed by atoms with Crippen LogP contribution in [0.15, 0.2) is 16.9 Å². The zero-order valence-electron chi connectivity index (χ0n) is 7.59. The van der Waals surface area contributed by atoms with E-state index in [0.29, 0.717) is 16.3 Å². The van der Waals surface area contributed by atoms with Gasteiger partial charge in [0.15, 0.2) is 5.69 Å². The Morgan fingerprint density at radius 2 is 2.07 bits per heavy atom. The number of fused-ring (bicyclic) bond motifs is 1. The molecule has 0 spiro atoms. The summed E-state index contributed by atoms with van der Waals surface area (Å²) in [6.45, 7) is 1.55. The van der Waals surface area contributed by atoms with Crippen LogP contribution in [0.4, 0.5) is 13.2 Å². The molecule has 1 N–H and O–H groups in total. The van der Waals surface area contributed by atoms with Crippen LogP contribution >= 0.6 is 0 Å². The molecule has 0 aromatic carbocycles. The molecule has 0 fully saturated rings. The molecule has 15 heavy (non-hydrogen) atoms. The third kappa shape index (κ3) is 1.60. The van der Waals surface area contributed by atoms with Crippen LogP contribution in [-0.2, 0) is 6.18 Å². The predicted molar refractivity (Wildman–Crippen MR) is 45.6 cm³/mol. The molecule has 2 rings (SSSR count). The Bertz CT molecular complexity index is 566. The standard InChI is InChI=1S/C8H6F3N3O/c1-4-2-6-12-7(15)3-5(8(9,10)11)14(6)13-4/h2-3H,1H3,(H,12,15). The van der Waals surface area contributed by atoms with Gasteiger partial charge in [-0.05, 0) is 6.92 Å². The fourth-order valence-electron chi connectivity index (χ4n) is 1.32. The molecule has 0 atom stereocenters. The number of hydrogen-bond acceptors (Lipinski definition) is 2. The lowest BCUT2D eigenvalue weighted by Crippen LogP contribution is -2.19. The molecule has 0 saturated heterocycles. The van der Waals surface area contributed by atoms with E-state index in [1.165, 1.54) is 6.07 Å².